The first-order chi connectivity index (χ1) is 12.6. The molecule has 0 fully saturated rings. The van der Waals surface area contributed by atoms with E-state index in [0.29, 0.717) is 13.2 Å². The fraction of sp³-hybridized carbons (Fsp3) is 0.905. The summed E-state index contributed by atoms with van der Waals surface area (Å²) in [6.07, 6.45) is 14.3. The lowest BCUT2D eigenvalue weighted by molar-refractivity contribution is -0.146. The third-order valence-corrected chi connectivity index (χ3v) is 4.47. The summed E-state index contributed by atoms with van der Waals surface area (Å²) in [4.78, 5) is 23.4. The first kappa shape index (κ1) is 24.9. The van der Waals surface area contributed by atoms with E-state index in [1.165, 1.54) is 51.4 Å². The summed E-state index contributed by atoms with van der Waals surface area (Å²) < 4.78 is 10.3. The van der Waals surface area contributed by atoms with Gasteiger partial charge < -0.3 is 15.2 Å². The van der Waals surface area contributed by atoms with Crippen LogP contribution >= 0.6 is 0 Å². The van der Waals surface area contributed by atoms with E-state index in [1.807, 2.05) is 0 Å². The molecule has 0 aliphatic rings. The highest BCUT2D eigenvalue weighted by Crippen LogP contribution is 2.07. The highest BCUT2D eigenvalue weighted by atomic mass is 16.5. The van der Waals surface area contributed by atoms with E-state index in [2.05, 4.69) is 13.8 Å². The largest absolute Gasteiger partial charge is 0.466 e. The van der Waals surface area contributed by atoms with E-state index in [1.54, 1.807) is 0 Å². The summed E-state index contributed by atoms with van der Waals surface area (Å²) in [7, 11) is 0. The van der Waals surface area contributed by atoms with E-state index in [-0.39, 0.29) is 18.8 Å². The van der Waals surface area contributed by atoms with Crippen molar-refractivity contribution in [3.8, 4) is 0 Å². The Bertz CT molecular complexity index is 347. The molecule has 0 saturated heterocycles. The third-order valence-electron chi connectivity index (χ3n) is 4.47. The van der Waals surface area contributed by atoms with Crippen LogP contribution in [-0.2, 0) is 19.1 Å². The first-order valence-corrected chi connectivity index (χ1v) is 10.7. The lowest BCUT2D eigenvalue weighted by Crippen LogP contribution is -2.33. The smallest absolute Gasteiger partial charge is 0.322 e. The molecular weight excluding hydrogens is 330 g/mol. The van der Waals surface area contributed by atoms with Crippen LogP contribution in [0.4, 0.5) is 0 Å². The number of carbonyl (C=O) groups excluding carboxylic acids is 2. The predicted octanol–water partition coefficient (Wildman–Crippen LogP) is 4.90. The monoisotopic (exact) mass is 371 g/mol. The van der Waals surface area contributed by atoms with Crippen LogP contribution in [-0.4, -0.2) is 31.2 Å². The molecule has 0 heterocycles. The van der Waals surface area contributed by atoms with E-state index in [4.69, 9.17) is 15.2 Å². The number of hydrogen-bond donors (Lipinski definition) is 1. The van der Waals surface area contributed by atoms with Crippen LogP contribution < -0.4 is 5.73 Å². The lowest BCUT2D eigenvalue weighted by atomic mass is 10.1. The molecule has 0 unspecified atom stereocenters. The van der Waals surface area contributed by atoms with Gasteiger partial charge in [-0.2, -0.15) is 0 Å². The van der Waals surface area contributed by atoms with Crippen LogP contribution in [0.25, 0.3) is 0 Å². The molecular formula is C21H41NO4. The second-order valence-electron chi connectivity index (χ2n) is 7.07. The second-order valence-corrected chi connectivity index (χ2v) is 7.07. The van der Waals surface area contributed by atoms with Gasteiger partial charge in [0, 0.05) is 6.42 Å². The maximum atomic E-state index is 11.8. The van der Waals surface area contributed by atoms with Gasteiger partial charge in [-0.1, -0.05) is 78.1 Å². The molecule has 0 amide bonds. The predicted molar refractivity (Wildman–Crippen MR) is 106 cm³/mol. The van der Waals surface area contributed by atoms with Crippen molar-refractivity contribution >= 4 is 11.9 Å². The van der Waals surface area contributed by atoms with Crippen molar-refractivity contribution in [1.29, 1.82) is 0 Å². The van der Waals surface area contributed by atoms with Gasteiger partial charge >= 0.3 is 11.9 Å². The summed E-state index contributed by atoms with van der Waals surface area (Å²) in [6.45, 7) is 5.26. The lowest BCUT2D eigenvalue weighted by Gasteiger charge is -2.11. The van der Waals surface area contributed by atoms with Crippen molar-refractivity contribution in [2.24, 2.45) is 5.73 Å². The van der Waals surface area contributed by atoms with Gasteiger partial charge in [0.15, 0.2) is 0 Å². The number of hydrogen-bond acceptors (Lipinski definition) is 5. The Kier molecular flexibility index (Phi) is 17.9. The normalized spacial score (nSPS) is 12.0. The van der Waals surface area contributed by atoms with E-state index in [9.17, 15) is 9.59 Å². The molecule has 0 aliphatic heterocycles. The number of rotatable bonds is 18. The van der Waals surface area contributed by atoms with E-state index >= 15 is 0 Å². The van der Waals surface area contributed by atoms with Crippen molar-refractivity contribution in [3.05, 3.63) is 0 Å². The third kappa shape index (κ3) is 16.4. The number of esters is 2. The van der Waals surface area contributed by atoms with Gasteiger partial charge in [-0.3, -0.25) is 9.59 Å². The molecule has 0 aliphatic carbocycles. The van der Waals surface area contributed by atoms with Gasteiger partial charge in [-0.25, -0.2) is 0 Å². The Morgan fingerprint density at radius 2 is 1.19 bits per heavy atom. The van der Waals surface area contributed by atoms with Gasteiger partial charge in [-0.15, -0.1) is 0 Å². The Morgan fingerprint density at radius 1 is 0.731 bits per heavy atom. The highest BCUT2D eigenvalue weighted by Gasteiger charge is 2.17. The number of ether oxygens (including phenoxy) is 2. The minimum Gasteiger partial charge on any atom is -0.466 e. The zero-order valence-corrected chi connectivity index (χ0v) is 17.1. The van der Waals surface area contributed by atoms with Crippen LogP contribution in [0.1, 0.15) is 104 Å². The highest BCUT2D eigenvalue weighted by molar-refractivity contribution is 5.77. The zero-order valence-electron chi connectivity index (χ0n) is 17.1. The summed E-state index contributed by atoms with van der Waals surface area (Å²) in [5, 5.41) is 0. The molecule has 5 nitrogen and oxygen atoms in total. The quantitative estimate of drug-likeness (QED) is 0.274. The molecule has 0 rings (SSSR count). The van der Waals surface area contributed by atoms with Crippen LogP contribution in [0.15, 0.2) is 0 Å². The fourth-order valence-corrected chi connectivity index (χ4v) is 2.69. The fourth-order valence-electron chi connectivity index (χ4n) is 2.69. The van der Waals surface area contributed by atoms with E-state index < -0.39 is 12.0 Å². The molecule has 0 aromatic carbocycles. The standard InChI is InChI=1S/C21H41NO4/c1-3-5-7-9-11-13-17-25-20(23)16-15-19(22)21(24)26-18-14-12-10-8-6-4-2/h19H,3-18,22H2,1-2H3/t19-/m0/s1. The van der Waals surface area contributed by atoms with E-state index in [0.717, 1.165) is 25.7 Å². The maximum Gasteiger partial charge on any atom is 0.322 e. The summed E-state index contributed by atoms with van der Waals surface area (Å²) in [5.74, 6) is -0.694. The molecule has 0 spiro atoms. The summed E-state index contributed by atoms with van der Waals surface area (Å²) >= 11 is 0. The first-order valence-electron chi connectivity index (χ1n) is 10.7. The van der Waals surface area contributed by atoms with Crippen molar-refractivity contribution in [2.45, 2.75) is 110 Å². The van der Waals surface area contributed by atoms with Crippen LogP contribution in [0, 0.1) is 0 Å². The number of nitrogens with two attached hydrogens (primary N) is 1. The van der Waals surface area contributed by atoms with Gasteiger partial charge in [0.25, 0.3) is 0 Å². The van der Waals surface area contributed by atoms with Crippen LogP contribution in [0.3, 0.4) is 0 Å². The molecule has 5 heteroatoms. The summed E-state index contributed by atoms with van der Waals surface area (Å²) in [6, 6.07) is -0.739. The van der Waals surface area contributed by atoms with Gasteiger partial charge in [0.05, 0.1) is 13.2 Å². The molecule has 26 heavy (non-hydrogen) atoms. The average Bonchev–Trinajstić information content (AvgIpc) is 2.64. The number of unbranched alkanes of at least 4 members (excludes halogenated alkanes) is 10. The molecule has 0 radical (unpaired) electrons. The molecule has 0 saturated carbocycles. The van der Waals surface area contributed by atoms with Gasteiger partial charge in [0.2, 0.25) is 0 Å². The molecule has 1 atom stereocenters. The van der Waals surface area contributed by atoms with Crippen molar-refractivity contribution in [2.75, 3.05) is 13.2 Å². The zero-order chi connectivity index (χ0) is 19.5. The Balaban J connectivity index is 3.53. The maximum absolute atomic E-state index is 11.8. The number of carbonyl (C=O) groups is 2. The van der Waals surface area contributed by atoms with Gasteiger partial charge in [0.1, 0.15) is 6.04 Å². The molecule has 0 bridgehead atoms. The minimum atomic E-state index is -0.739. The van der Waals surface area contributed by atoms with Crippen molar-refractivity contribution in [3.63, 3.8) is 0 Å². The molecule has 0 aromatic heterocycles. The Hall–Kier alpha value is -1.10. The minimum absolute atomic E-state index is 0.170. The van der Waals surface area contributed by atoms with Crippen molar-refractivity contribution < 1.29 is 19.1 Å². The average molecular weight is 372 g/mol. The van der Waals surface area contributed by atoms with Crippen LogP contribution in [0.2, 0.25) is 0 Å². The molecule has 0 aromatic rings. The van der Waals surface area contributed by atoms with Crippen molar-refractivity contribution in [1.82, 2.24) is 0 Å². The SMILES string of the molecule is CCCCCCCCOC(=O)CC[C@H](N)C(=O)OCCCCCCCC. The van der Waals surface area contributed by atoms with Crippen LogP contribution in [0.5, 0.6) is 0 Å². The second kappa shape index (κ2) is 18.7. The molecule has 2 N–H and O–H groups in total. The Morgan fingerprint density at radius 3 is 1.73 bits per heavy atom. The topological polar surface area (TPSA) is 78.6 Å². The van der Waals surface area contributed by atoms with Gasteiger partial charge in [-0.05, 0) is 19.3 Å². The Labute approximate surface area is 160 Å². The molecule has 154 valence electrons. The summed E-state index contributed by atoms with van der Waals surface area (Å²) in [5.41, 5.74) is 5.79.